The third-order valence-electron chi connectivity index (χ3n) is 2.11. The first-order chi connectivity index (χ1) is 6.46. The molecule has 76 valence electrons. The lowest BCUT2D eigenvalue weighted by Crippen LogP contribution is -2.21. The highest BCUT2D eigenvalue weighted by Crippen LogP contribution is 2.22. The van der Waals surface area contributed by atoms with Crippen molar-refractivity contribution in [3.63, 3.8) is 0 Å². The molecular formula is C12H16O2. The van der Waals surface area contributed by atoms with Gasteiger partial charge < -0.3 is 5.11 Å². The van der Waals surface area contributed by atoms with Gasteiger partial charge in [-0.05, 0) is 5.56 Å². The highest BCUT2D eigenvalue weighted by atomic mass is 16.3. The molecule has 1 aromatic rings. The molecule has 0 saturated heterocycles. The Morgan fingerprint density at radius 3 is 2.36 bits per heavy atom. The van der Waals surface area contributed by atoms with Gasteiger partial charge in [-0.3, -0.25) is 4.79 Å². The number of benzene rings is 1. The molecule has 1 aromatic carbocycles. The SMILES string of the molecule is CC(C)(C)C(=O)c1ccccc1CO. The van der Waals surface area contributed by atoms with E-state index in [-0.39, 0.29) is 12.4 Å². The van der Waals surface area contributed by atoms with Crippen molar-refractivity contribution in [3.05, 3.63) is 35.4 Å². The molecule has 1 rings (SSSR count). The molecule has 14 heavy (non-hydrogen) atoms. The van der Waals surface area contributed by atoms with Crippen molar-refractivity contribution in [2.75, 3.05) is 0 Å². The molecule has 0 bridgehead atoms. The Morgan fingerprint density at radius 1 is 1.29 bits per heavy atom. The van der Waals surface area contributed by atoms with Crippen molar-refractivity contribution < 1.29 is 9.90 Å². The van der Waals surface area contributed by atoms with Gasteiger partial charge in [0.1, 0.15) is 0 Å². The maximum absolute atomic E-state index is 11.9. The van der Waals surface area contributed by atoms with Crippen LogP contribution in [0.15, 0.2) is 24.3 Å². The lowest BCUT2D eigenvalue weighted by molar-refractivity contribution is 0.0855. The van der Waals surface area contributed by atoms with Crippen LogP contribution >= 0.6 is 0 Å². The van der Waals surface area contributed by atoms with Crippen LogP contribution in [0.25, 0.3) is 0 Å². The van der Waals surface area contributed by atoms with E-state index in [1.54, 1.807) is 12.1 Å². The summed E-state index contributed by atoms with van der Waals surface area (Å²) in [6.07, 6.45) is 0. The van der Waals surface area contributed by atoms with Gasteiger partial charge in [0, 0.05) is 11.0 Å². The van der Waals surface area contributed by atoms with E-state index in [0.29, 0.717) is 11.1 Å². The summed E-state index contributed by atoms with van der Waals surface area (Å²) in [5.41, 5.74) is 0.931. The number of aliphatic hydroxyl groups is 1. The summed E-state index contributed by atoms with van der Waals surface area (Å²) in [4.78, 5) is 11.9. The predicted molar refractivity (Wildman–Crippen MR) is 56.2 cm³/mol. The van der Waals surface area contributed by atoms with Crippen LogP contribution < -0.4 is 0 Å². The molecule has 1 N–H and O–H groups in total. The van der Waals surface area contributed by atoms with Crippen LogP contribution in [0.1, 0.15) is 36.7 Å². The molecule has 0 aliphatic heterocycles. The number of Topliss-reactive ketones (excluding diaryl/α,β-unsaturated/α-hetero) is 1. The highest BCUT2D eigenvalue weighted by molar-refractivity contribution is 6.00. The summed E-state index contributed by atoms with van der Waals surface area (Å²) in [6.45, 7) is 5.55. The van der Waals surface area contributed by atoms with Gasteiger partial charge in [0.25, 0.3) is 0 Å². The fourth-order valence-corrected chi connectivity index (χ4v) is 1.28. The van der Waals surface area contributed by atoms with Crippen molar-refractivity contribution in [1.29, 1.82) is 0 Å². The van der Waals surface area contributed by atoms with Gasteiger partial charge in [-0.15, -0.1) is 0 Å². The van der Waals surface area contributed by atoms with Crippen LogP contribution in [-0.2, 0) is 6.61 Å². The minimum atomic E-state index is -0.398. The Balaban J connectivity index is 3.13. The van der Waals surface area contributed by atoms with Gasteiger partial charge in [0.2, 0.25) is 0 Å². The monoisotopic (exact) mass is 192 g/mol. The van der Waals surface area contributed by atoms with Crippen LogP contribution in [0, 0.1) is 5.41 Å². The Hall–Kier alpha value is -1.15. The third-order valence-corrected chi connectivity index (χ3v) is 2.11. The smallest absolute Gasteiger partial charge is 0.168 e. The first-order valence-corrected chi connectivity index (χ1v) is 4.70. The zero-order valence-electron chi connectivity index (χ0n) is 8.87. The molecule has 0 heterocycles. The van der Waals surface area contributed by atoms with E-state index in [4.69, 9.17) is 5.11 Å². The van der Waals surface area contributed by atoms with Gasteiger partial charge in [-0.2, -0.15) is 0 Å². The number of aliphatic hydroxyl groups excluding tert-OH is 1. The molecule has 0 aromatic heterocycles. The van der Waals surface area contributed by atoms with Crippen molar-refractivity contribution in [1.82, 2.24) is 0 Å². The Kier molecular flexibility index (Phi) is 3.06. The highest BCUT2D eigenvalue weighted by Gasteiger charge is 2.24. The van der Waals surface area contributed by atoms with Crippen molar-refractivity contribution in [3.8, 4) is 0 Å². The lowest BCUT2D eigenvalue weighted by atomic mass is 9.85. The Labute approximate surface area is 84.6 Å². The average molecular weight is 192 g/mol. The van der Waals surface area contributed by atoms with Crippen molar-refractivity contribution in [2.45, 2.75) is 27.4 Å². The summed E-state index contributed by atoms with van der Waals surface area (Å²) in [7, 11) is 0. The van der Waals surface area contributed by atoms with Crippen LogP contribution in [0.2, 0.25) is 0 Å². The number of hydrogen-bond acceptors (Lipinski definition) is 2. The number of rotatable bonds is 2. The van der Waals surface area contributed by atoms with Crippen LogP contribution in [-0.4, -0.2) is 10.9 Å². The van der Waals surface area contributed by atoms with Gasteiger partial charge >= 0.3 is 0 Å². The molecule has 0 fully saturated rings. The molecule has 0 saturated carbocycles. The molecule has 0 amide bonds. The lowest BCUT2D eigenvalue weighted by Gasteiger charge is -2.18. The molecule has 2 nitrogen and oxygen atoms in total. The fraction of sp³-hybridized carbons (Fsp3) is 0.417. The predicted octanol–water partition coefficient (Wildman–Crippen LogP) is 2.41. The minimum Gasteiger partial charge on any atom is -0.392 e. The van der Waals surface area contributed by atoms with Crippen molar-refractivity contribution in [2.24, 2.45) is 5.41 Å². The van der Waals surface area contributed by atoms with E-state index in [1.807, 2.05) is 32.9 Å². The Morgan fingerprint density at radius 2 is 1.86 bits per heavy atom. The minimum absolute atomic E-state index is 0.0714. The van der Waals surface area contributed by atoms with E-state index in [2.05, 4.69) is 0 Å². The summed E-state index contributed by atoms with van der Waals surface area (Å²) in [5, 5.41) is 9.08. The molecular weight excluding hydrogens is 176 g/mol. The van der Waals surface area contributed by atoms with Gasteiger partial charge in [0.15, 0.2) is 5.78 Å². The maximum Gasteiger partial charge on any atom is 0.168 e. The quantitative estimate of drug-likeness (QED) is 0.730. The number of hydrogen-bond donors (Lipinski definition) is 1. The van der Waals surface area contributed by atoms with E-state index >= 15 is 0 Å². The van der Waals surface area contributed by atoms with Crippen LogP contribution in [0.4, 0.5) is 0 Å². The first kappa shape index (κ1) is 10.9. The number of ketones is 1. The van der Waals surface area contributed by atoms with E-state index in [9.17, 15) is 4.79 Å². The maximum atomic E-state index is 11.9. The number of carbonyl (C=O) groups is 1. The van der Waals surface area contributed by atoms with E-state index in [0.717, 1.165) is 0 Å². The largest absolute Gasteiger partial charge is 0.392 e. The third kappa shape index (κ3) is 2.20. The fourth-order valence-electron chi connectivity index (χ4n) is 1.28. The molecule has 0 aliphatic carbocycles. The van der Waals surface area contributed by atoms with Gasteiger partial charge in [-0.1, -0.05) is 45.0 Å². The molecule has 0 atom stereocenters. The van der Waals surface area contributed by atoms with Crippen LogP contribution in [0.5, 0.6) is 0 Å². The van der Waals surface area contributed by atoms with Gasteiger partial charge in [0.05, 0.1) is 6.61 Å². The van der Waals surface area contributed by atoms with Crippen LogP contribution in [0.3, 0.4) is 0 Å². The molecule has 0 aliphatic rings. The summed E-state index contributed by atoms with van der Waals surface area (Å²) < 4.78 is 0. The standard InChI is InChI=1S/C12H16O2/c1-12(2,3)11(14)10-7-5-4-6-9(10)8-13/h4-7,13H,8H2,1-3H3. The topological polar surface area (TPSA) is 37.3 Å². The van der Waals surface area contributed by atoms with E-state index in [1.165, 1.54) is 0 Å². The summed E-state index contributed by atoms with van der Waals surface area (Å²) in [6, 6.07) is 7.18. The Bertz CT molecular complexity index is 334. The zero-order chi connectivity index (χ0) is 10.8. The second kappa shape index (κ2) is 3.93. The molecule has 2 heteroatoms. The zero-order valence-corrected chi connectivity index (χ0v) is 8.87. The normalized spacial score (nSPS) is 11.4. The average Bonchev–Trinajstić information content (AvgIpc) is 2.15. The molecule has 0 radical (unpaired) electrons. The number of carbonyl (C=O) groups excluding carboxylic acids is 1. The van der Waals surface area contributed by atoms with Gasteiger partial charge in [-0.25, -0.2) is 0 Å². The summed E-state index contributed by atoms with van der Waals surface area (Å²) in [5.74, 6) is 0.0714. The molecule has 0 unspecified atom stereocenters. The van der Waals surface area contributed by atoms with E-state index < -0.39 is 5.41 Å². The first-order valence-electron chi connectivity index (χ1n) is 4.70. The second-order valence-electron chi connectivity index (χ2n) is 4.39. The van der Waals surface area contributed by atoms with Crippen molar-refractivity contribution >= 4 is 5.78 Å². The molecule has 0 spiro atoms. The second-order valence-corrected chi connectivity index (χ2v) is 4.39. The summed E-state index contributed by atoms with van der Waals surface area (Å²) >= 11 is 0.